The van der Waals surface area contributed by atoms with Crippen molar-refractivity contribution in [3.8, 4) is 0 Å². The van der Waals surface area contributed by atoms with Gasteiger partial charge in [0.1, 0.15) is 5.60 Å². The number of nitrogens with two attached hydrogens (primary N) is 1. The number of carbonyl (C=O) groups excluding carboxylic acids is 1. The Hall–Kier alpha value is -2.32. The third-order valence-electron chi connectivity index (χ3n) is 5.32. The van der Waals surface area contributed by atoms with Gasteiger partial charge >= 0.3 is 6.09 Å². The van der Waals surface area contributed by atoms with Crippen LogP contribution in [0.15, 0.2) is 29.3 Å². The van der Waals surface area contributed by atoms with Crippen molar-refractivity contribution in [1.82, 2.24) is 9.80 Å². The van der Waals surface area contributed by atoms with Crippen molar-refractivity contribution in [3.63, 3.8) is 0 Å². The first kappa shape index (κ1) is 23.3. The molecular formula is C23H36N4O4. The molecule has 0 unspecified atom stereocenters. The normalized spacial score (nSPS) is 18.9. The molecule has 2 N–H and O–H groups in total. The van der Waals surface area contributed by atoms with Crippen molar-refractivity contribution in [2.24, 2.45) is 10.7 Å². The van der Waals surface area contributed by atoms with Crippen LogP contribution in [0.2, 0.25) is 0 Å². The van der Waals surface area contributed by atoms with Crippen LogP contribution in [0, 0.1) is 0 Å². The first-order valence-electron chi connectivity index (χ1n) is 11.1. The van der Waals surface area contributed by atoms with Gasteiger partial charge in [-0.25, -0.2) is 9.79 Å². The highest BCUT2D eigenvalue weighted by Gasteiger charge is 2.26. The number of benzene rings is 1. The van der Waals surface area contributed by atoms with E-state index < -0.39 is 5.60 Å². The molecule has 1 aromatic carbocycles. The van der Waals surface area contributed by atoms with E-state index in [0.29, 0.717) is 45.3 Å². The zero-order valence-corrected chi connectivity index (χ0v) is 19.0. The van der Waals surface area contributed by atoms with E-state index in [1.54, 1.807) is 4.90 Å². The quantitative estimate of drug-likeness (QED) is 0.568. The Bertz CT molecular complexity index is 748. The minimum atomic E-state index is -0.487. The predicted molar refractivity (Wildman–Crippen MR) is 120 cm³/mol. The molecule has 2 aliphatic heterocycles. The zero-order valence-electron chi connectivity index (χ0n) is 19.0. The summed E-state index contributed by atoms with van der Waals surface area (Å²) in [6.07, 6.45) is 1.93. The number of hydrogen-bond acceptors (Lipinski definition) is 5. The highest BCUT2D eigenvalue weighted by atomic mass is 16.6. The van der Waals surface area contributed by atoms with Gasteiger partial charge < -0.3 is 29.7 Å². The van der Waals surface area contributed by atoms with Gasteiger partial charge in [-0.3, -0.25) is 0 Å². The van der Waals surface area contributed by atoms with Gasteiger partial charge in [-0.2, -0.15) is 0 Å². The predicted octanol–water partition coefficient (Wildman–Crippen LogP) is 2.75. The molecule has 0 saturated carbocycles. The van der Waals surface area contributed by atoms with Crippen LogP contribution in [0.1, 0.15) is 44.7 Å². The summed E-state index contributed by atoms with van der Waals surface area (Å²) < 4.78 is 16.8. The molecule has 2 saturated heterocycles. The fourth-order valence-corrected chi connectivity index (χ4v) is 3.59. The first-order valence-corrected chi connectivity index (χ1v) is 11.1. The molecule has 2 fully saturated rings. The van der Waals surface area contributed by atoms with Crippen molar-refractivity contribution in [1.29, 1.82) is 0 Å². The van der Waals surface area contributed by atoms with E-state index in [2.05, 4.69) is 23.2 Å². The molecule has 0 aliphatic carbocycles. The Labute approximate surface area is 185 Å². The second-order valence-corrected chi connectivity index (χ2v) is 9.07. The van der Waals surface area contributed by atoms with Crippen LogP contribution in [0.4, 0.5) is 4.79 Å². The summed E-state index contributed by atoms with van der Waals surface area (Å²) in [7, 11) is 0. The van der Waals surface area contributed by atoms with Crippen molar-refractivity contribution < 1.29 is 19.0 Å². The summed E-state index contributed by atoms with van der Waals surface area (Å²) in [6.45, 7) is 10.7. The average Bonchev–Trinajstić information content (AvgIpc) is 2.76. The Morgan fingerprint density at radius 2 is 1.77 bits per heavy atom. The fraction of sp³-hybridized carbons (Fsp3) is 0.652. The monoisotopic (exact) mass is 432 g/mol. The van der Waals surface area contributed by atoms with E-state index in [1.807, 2.05) is 31.7 Å². The lowest BCUT2D eigenvalue weighted by molar-refractivity contribution is -0.0390. The van der Waals surface area contributed by atoms with E-state index in [9.17, 15) is 4.79 Å². The second-order valence-electron chi connectivity index (χ2n) is 9.07. The van der Waals surface area contributed by atoms with Gasteiger partial charge in [-0.1, -0.05) is 24.3 Å². The van der Waals surface area contributed by atoms with Crippen LogP contribution in [0.3, 0.4) is 0 Å². The van der Waals surface area contributed by atoms with E-state index >= 15 is 0 Å². The molecule has 8 heteroatoms. The number of guanidine groups is 1. The van der Waals surface area contributed by atoms with Crippen LogP contribution >= 0.6 is 0 Å². The summed E-state index contributed by atoms with van der Waals surface area (Å²) in [4.78, 5) is 20.5. The minimum absolute atomic E-state index is 0.276. The van der Waals surface area contributed by atoms with Crippen molar-refractivity contribution >= 4 is 12.1 Å². The number of nitrogens with zero attached hydrogens (tertiary/aromatic N) is 3. The Kier molecular flexibility index (Phi) is 8.15. The SMILES string of the molecule is CC(C)(C)OC(=O)N1CCN(C(N)=NCc2cccc(COC3CCOCC3)c2)CC1. The second kappa shape index (κ2) is 10.8. The Morgan fingerprint density at radius 3 is 2.45 bits per heavy atom. The summed E-state index contributed by atoms with van der Waals surface area (Å²) in [5, 5.41) is 0. The van der Waals surface area contributed by atoms with E-state index in [0.717, 1.165) is 37.2 Å². The first-order chi connectivity index (χ1) is 14.8. The molecule has 0 spiro atoms. The lowest BCUT2D eigenvalue weighted by Crippen LogP contribution is -2.53. The van der Waals surface area contributed by atoms with Crippen LogP contribution in [0.25, 0.3) is 0 Å². The van der Waals surface area contributed by atoms with E-state index in [1.165, 1.54) is 0 Å². The number of amides is 1. The molecule has 8 nitrogen and oxygen atoms in total. The van der Waals surface area contributed by atoms with E-state index in [-0.39, 0.29) is 12.2 Å². The number of rotatable bonds is 5. The van der Waals surface area contributed by atoms with Gasteiger partial charge in [-0.05, 0) is 44.7 Å². The summed E-state index contributed by atoms with van der Waals surface area (Å²) in [5.74, 6) is 0.507. The highest BCUT2D eigenvalue weighted by Crippen LogP contribution is 2.15. The largest absolute Gasteiger partial charge is 0.444 e. The Balaban J connectivity index is 1.45. The zero-order chi connectivity index (χ0) is 22.3. The van der Waals surface area contributed by atoms with Crippen molar-refractivity contribution in [2.75, 3.05) is 39.4 Å². The molecule has 0 radical (unpaired) electrons. The van der Waals surface area contributed by atoms with Gasteiger partial charge in [0.25, 0.3) is 0 Å². The summed E-state index contributed by atoms with van der Waals surface area (Å²) in [5.41, 5.74) is 7.97. The maximum absolute atomic E-state index is 12.2. The lowest BCUT2D eigenvalue weighted by atomic mass is 10.1. The van der Waals surface area contributed by atoms with Crippen LogP contribution in [0.5, 0.6) is 0 Å². The number of aliphatic imine (C=N–C) groups is 1. The summed E-state index contributed by atoms with van der Waals surface area (Å²) >= 11 is 0. The third kappa shape index (κ3) is 7.70. The molecule has 2 aliphatic rings. The van der Waals surface area contributed by atoms with E-state index in [4.69, 9.17) is 19.9 Å². The number of carbonyl (C=O) groups is 1. The highest BCUT2D eigenvalue weighted by molar-refractivity contribution is 5.78. The van der Waals surface area contributed by atoms with Crippen LogP contribution < -0.4 is 5.73 Å². The van der Waals surface area contributed by atoms with Gasteiger partial charge in [-0.15, -0.1) is 0 Å². The molecular weight excluding hydrogens is 396 g/mol. The van der Waals surface area contributed by atoms with Gasteiger partial charge in [0, 0.05) is 39.4 Å². The molecule has 2 heterocycles. The van der Waals surface area contributed by atoms with Gasteiger partial charge in [0.05, 0.1) is 19.3 Å². The molecule has 1 amide bonds. The molecule has 3 rings (SSSR count). The van der Waals surface area contributed by atoms with Crippen LogP contribution in [-0.2, 0) is 27.4 Å². The third-order valence-corrected chi connectivity index (χ3v) is 5.32. The number of hydrogen-bond donors (Lipinski definition) is 1. The molecule has 0 aromatic heterocycles. The standard InChI is InChI=1S/C23H36N4O4/c1-23(2,3)31-22(28)27-11-9-26(10-12-27)21(24)25-16-18-5-4-6-19(15-18)17-30-20-7-13-29-14-8-20/h4-6,15,20H,7-14,16-17H2,1-3H3,(H2,24,25). The lowest BCUT2D eigenvalue weighted by Gasteiger charge is -2.36. The molecule has 0 bridgehead atoms. The molecule has 1 aromatic rings. The molecule has 31 heavy (non-hydrogen) atoms. The maximum atomic E-state index is 12.2. The molecule has 0 atom stereocenters. The topological polar surface area (TPSA) is 89.6 Å². The van der Waals surface area contributed by atoms with Crippen molar-refractivity contribution in [3.05, 3.63) is 35.4 Å². The van der Waals surface area contributed by atoms with Crippen LogP contribution in [-0.4, -0.2) is 73.0 Å². The van der Waals surface area contributed by atoms with Gasteiger partial charge in [0.15, 0.2) is 5.96 Å². The number of piperazine rings is 1. The van der Waals surface area contributed by atoms with Crippen molar-refractivity contribution in [2.45, 2.75) is 58.5 Å². The fourth-order valence-electron chi connectivity index (χ4n) is 3.59. The minimum Gasteiger partial charge on any atom is -0.444 e. The Morgan fingerprint density at radius 1 is 1.13 bits per heavy atom. The smallest absolute Gasteiger partial charge is 0.410 e. The average molecular weight is 433 g/mol. The summed E-state index contributed by atoms with van der Waals surface area (Å²) in [6, 6.07) is 8.28. The maximum Gasteiger partial charge on any atom is 0.410 e. The molecule has 172 valence electrons. The van der Waals surface area contributed by atoms with Gasteiger partial charge in [0.2, 0.25) is 0 Å². The number of ether oxygens (including phenoxy) is 3.